The maximum atomic E-state index is 14.0. The van der Waals surface area contributed by atoms with Gasteiger partial charge in [-0.25, -0.2) is 0 Å². The molecular formula is C34H29BrN2O5S2. The third kappa shape index (κ3) is 4.24. The molecule has 2 bridgehead atoms. The Balaban J connectivity index is 1.15. The summed E-state index contributed by atoms with van der Waals surface area (Å²) in [6, 6.07) is 21.6. The van der Waals surface area contributed by atoms with Gasteiger partial charge in [-0.3, -0.25) is 19.3 Å². The first-order valence-corrected chi connectivity index (χ1v) is 17.2. The number of benzene rings is 3. The molecule has 2 saturated carbocycles. The Labute approximate surface area is 271 Å². The van der Waals surface area contributed by atoms with E-state index in [1.54, 1.807) is 18.9 Å². The van der Waals surface area contributed by atoms with Gasteiger partial charge in [-0.05, 0) is 84.2 Å². The van der Waals surface area contributed by atoms with E-state index in [4.69, 9.17) is 9.47 Å². The number of nitrogens with one attached hydrogen (secondary N) is 1. The molecule has 2 amide bonds. The topological polar surface area (TPSA) is 88.7 Å². The van der Waals surface area contributed by atoms with Crippen LogP contribution in [0.3, 0.4) is 0 Å². The highest BCUT2D eigenvalue weighted by atomic mass is 79.9. The Bertz CT molecular complexity index is 1870. The van der Waals surface area contributed by atoms with Gasteiger partial charge in [0.05, 0.1) is 29.7 Å². The van der Waals surface area contributed by atoms with Crippen molar-refractivity contribution in [2.24, 2.45) is 29.6 Å². The van der Waals surface area contributed by atoms with Crippen LogP contribution < -0.4 is 19.2 Å². The summed E-state index contributed by atoms with van der Waals surface area (Å²) in [7, 11) is 1.64. The zero-order valence-electron chi connectivity index (χ0n) is 24.0. The van der Waals surface area contributed by atoms with Crippen molar-refractivity contribution in [3.63, 3.8) is 0 Å². The molecule has 44 heavy (non-hydrogen) atoms. The second-order valence-corrected chi connectivity index (χ2v) is 15.2. The highest BCUT2D eigenvalue weighted by molar-refractivity contribution is 9.10. The van der Waals surface area contributed by atoms with Gasteiger partial charge < -0.3 is 14.5 Å². The van der Waals surface area contributed by atoms with Crippen LogP contribution >= 0.6 is 39.0 Å². The molecule has 7 nitrogen and oxygen atoms in total. The van der Waals surface area contributed by atoms with E-state index in [9.17, 15) is 14.4 Å². The molecule has 8 rings (SSSR count). The van der Waals surface area contributed by atoms with Crippen molar-refractivity contribution < 1.29 is 19.1 Å². The number of nitrogens with zero attached hydrogens (tertiary/aromatic N) is 1. The van der Waals surface area contributed by atoms with Gasteiger partial charge in [0.15, 0.2) is 11.5 Å². The average molecular weight is 690 g/mol. The fraction of sp³-hybridized carbons (Fsp3) is 0.324. The van der Waals surface area contributed by atoms with E-state index < -0.39 is 0 Å². The minimum Gasteiger partial charge on any atom is -0.493 e. The number of fused-ring (bicyclic) bond motifs is 9. The molecule has 2 aliphatic carbocycles. The van der Waals surface area contributed by atoms with Crippen LogP contribution in [0.15, 0.2) is 81.0 Å². The van der Waals surface area contributed by atoms with Gasteiger partial charge in [-0.1, -0.05) is 57.6 Å². The van der Waals surface area contributed by atoms with Crippen LogP contribution in [0, 0.1) is 36.5 Å². The summed E-state index contributed by atoms with van der Waals surface area (Å²) < 4.78 is 12.9. The van der Waals surface area contributed by atoms with Gasteiger partial charge in [0, 0.05) is 20.5 Å². The Hall–Kier alpha value is -3.34. The van der Waals surface area contributed by atoms with Crippen molar-refractivity contribution in [1.82, 2.24) is 4.98 Å². The zero-order chi connectivity index (χ0) is 30.3. The summed E-state index contributed by atoms with van der Waals surface area (Å²) in [5, 5.41) is 1.00. The molecule has 4 aliphatic rings. The molecule has 4 aromatic rings. The highest BCUT2D eigenvalue weighted by Gasteiger charge is 2.69. The molecule has 1 aromatic heterocycles. The summed E-state index contributed by atoms with van der Waals surface area (Å²) in [4.78, 5) is 45.9. The van der Waals surface area contributed by atoms with Crippen molar-refractivity contribution in [2.75, 3.05) is 12.0 Å². The SMILES string of the molecule is COc1cc([C@@H]2c3sc(=O)[nH]c3S[C@@H]3[C@@H]4C[C@@H]([C@@H]5C(=O)N(c6ccc(Br)cc6)C(=O)[C@@H]45)[C@@H]23)ccc1OCc1ccccc1C. The zero-order valence-corrected chi connectivity index (χ0v) is 27.2. The lowest BCUT2D eigenvalue weighted by molar-refractivity contribution is -0.123. The molecular weight excluding hydrogens is 660 g/mol. The molecule has 224 valence electrons. The predicted molar refractivity (Wildman–Crippen MR) is 174 cm³/mol. The number of aromatic amines is 1. The number of thiazole rings is 1. The smallest absolute Gasteiger partial charge is 0.305 e. The van der Waals surface area contributed by atoms with E-state index in [1.807, 2.05) is 48.5 Å². The van der Waals surface area contributed by atoms with Gasteiger partial charge in [0.2, 0.25) is 11.8 Å². The number of rotatable bonds is 6. The summed E-state index contributed by atoms with van der Waals surface area (Å²) in [5.41, 5.74) is 3.93. The minimum absolute atomic E-state index is 0.0396. The van der Waals surface area contributed by atoms with Crippen molar-refractivity contribution in [3.8, 4) is 11.5 Å². The van der Waals surface area contributed by atoms with Gasteiger partial charge >= 0.3 is 4.87 Å². The monoisotopic (exact) mass is 688 g/mol. The van der Waals surface area contributed by atoms with Crippen LogP contribution in [0.1, 0.15) is 33.9 Å². The van der Waals surface area contributed by atoms with Crippen LogP contribution in [0.5, 0.6) is 11.5 Å². The number of anilines is 1. The van der Waals surface area contributed by atoms with Crippen LogP contribution in [0.4, 0.5) is 5.69 Å². The minimum atomic E-state index is -0.351. The molecule has 3 aromatic carbocycles. The highest BCUT2D eigenvalue weighted by Crippen LogP contribution is 2.68. The largest absolute Gasteiger partial charge is 0.493 e. The first kappa shape index (κ1) is 28.2. The molecule has 7 atom stereocenters. The molecule has 0 radical (unpaired) electrons. The Morgan fingerprint density at radius 1 is 0.955 bits per heavy atom. The number of ether oxygens (including phenoxy) is 2. The van der Waals surface area contributed by atoms with Gasteiger partial charge in [0.25, 0.3) is 0 Å². The number of aromatic nitrogens is 1. The number of halogens is 1. The third-order valence-electron chi connectivity index (χ3n) is 10.00. The number of hydrogen-bond donors (Lipinski definition) is 1. The number of carbonyl (C=O) groups excluding carboxylic acids is 2. The van der Waals surface area contributed by atoms with Crippen LogP contribution in [0.2, 0.25) is 0 Å². The summed E-state index contributed by atoms with van der Waals surface area (Å²) >= 11 is 6.39. The second kappa shape index (κ2) is 10.6. The number of methoxy groups -OCH3 is 1. The quantitative estimate of drug-likeness (QED) is 0.225. The number of aryl methyl sites for hydroxylation is 1. The Kier molecular flexibility index (Phi) is 6.80. The number of imide groups is 1. The Morgan fingerprint density at radius 2 is 1.70 bits per heavy atom. The van der Waals surface area contributed by atoms with Crippen LogP contribution in [0.25, 0.3) is 0 Å². The number of carbonyl (C=O) groups is 2. The molecule has 10 heteroatoms. The lowest BCUT2D eigenvalue weighted by atomic mass is 9.68. The van der Waals surface area contributed by atoms with E-state index in [2.05, 4.69) is 46.0 Å². The molecule has 0 spiro atoms. The fourth-order valence-corrected chi connectivity index (χ4v) is 11.3. The first-order valence-electron chi connectivity index (χ1n) is 14.7. The normalized spacial score (nSPS) is 28.2. The fourth-order valence-electron chi connectivity index (χ4n) is 8.16. The molecule has 0 unspecified atom stereocenters. The van der Waals surface area contributed by atoms with Gasteiger partial charge in [-0.15, -0.1) is 11.8 Å². The maximum Gasteiger partial charge on any atom is 0.305 e. The van der Waals surface area contributed by atoms with E-state index in [1.165, 1.54) is 16.2 Å². The molecule has 2 aliphatic heterocycles. The number of hydrogen-bond acceptors (Lipinski definition) is 7. The Morgan fingerprint density at radius 3 is 2.45 bits per heavy atom. The van der Waals surface area contributed by atoms with Crippen LogP contribution in [-0.4, -0.2) is 29.2 Å². The summed E-state index contributed by atoms with van der Waals surface area (Å²) in [6.45, 7) is 2.49. The molecule has 3 heterocycles. The van der Waals surface area contributed by atoms with E-state index in [-0.39, 0.29) is 57.4 Å². The van der Waals surface area contributed by atoms with Crippen molar-refractivity contribution >= 4 is 56.5 Å². The maximum absolute atomic E-state index is 14.0. The van der Waals surface area contributed by atoms with Crippen molar-refractivity contribution in [3.05, 3.63) is 102 Å². The van der Waals surface area contributed by atoms with Gasteiger partial charge in [0.1, 0.15) is 6.61 Å². The number of H-pyrrole nitrogens is 1. The lowest BCUT2D eigenvalue weighted by Crippen LogP contribution is -2.42. The standard InChI is InChI=1S/C34H29BrN2O5S2/c1-16-5-3-4-6-18(16)15-42-23-12-7-17(13-24(23)41-2)25-26-21-14-22(29(26)43-31-30(25)44-34(40)36-31)28-27(21)32(38)37(33(28)39)20-10-8-19(35)9-11-20/h3-13,21-22,25-29H,14-15H2,1-2H3,(H,36,40)/t21-,22-,25+,26+,27+,28+,29-/m1/s1. The van der Waals surface area contributed by atoms with Crippen molar-refractivity contribution in [2.45, 2.75) is 36.1 Å². The van der Waals surface area contributed by atoms with E-state index in [0.29, 0.717) is 23.8 Å². The first-order chi connectivity index (χ1) is 21.3. The third-order valence-corrected chi connectivity index (χ3v) is 13.1. The molecule has 3 fully saturated rings. The van der Waals surface area contributed by atoms with E-state index in [0.717, 1.165) is 37.5 Å². The average Bonchev–Trinajstić information content (AvgIpc) is 3.76. The number of thioether (sulfide) groups is 1. The lowest BCUT2D eigenvalue weighted by Gasteiger charge is -2.43. The van der Waals surface area contributed by atoms with Crippen LogP contribution in [-0.2, 0) is 16.2 Å². The van der Waals surface area contributed by atoms with Crippen molar-refractivity contribution in [1.29, 1.82) is 0 Å². The molecule has 1 saturated heterocycles. The number of amides is 2. The van der Waals surface area contributed by atoms with Gasteiger partial charge in [-0.2, -0.15) is 0 Å². The second-order valence-electron chi connectivity index (χ2n) is 12.1. The summed E-state index contributed by atoms with van der Waals surface area (Å²) in [5.74, 6) is 0.529. The van der Waals surface area contributed by atoms with E-state index >= 15 is 0 Å². The summed E-state index contributed by atoms with van der Waals surface area (Å²) in [6.07, 6.45) is 0.841. The predicted octanol–water partition coefficient (Wildman–Crippen LogP) is 6.77. The molecule has 1 N–H and O–H groups in total.